The van der Waals surface area contributed by atoms with Gasteiger partial charge in [0.05, 0.1) is 22.8 Å². The van der Waals surface area contributed by atoms with Crippen LogP contribution in [0.3, 0.4) is 0 Å². The predicted octanol–water partition coefficient (Wildman–Crippen LogP) is 4.32. The van der Waals surface area contributed by atoms with Crippen LogP contribution in [0.1, 0.15) is 19.3 Å². The van der Waals surface area contributed by atoms with E-state index in [2.05, 4.69) is 27.9 Å². The Morgan fingerprint density at radius 3 is 2.24 bits per heavy atom. The van der Waals surface area contributed by atoms with E-state index in [1.54, 1.807) is 42.5 Å². The molecule has 4 rings (SSSR count). The van der Waals surface area contributed by atoms with Gasteiger partial charge in [-0.1, -0.05) is 12.2 Å². The maximum Gasteiger partial charge on any atom is 0.307 e. The van der Waals surface area contributed by atoms with Crippen molar-refractivity contribution in [2.75, 3.05) is 10.2 Å². The number of allylic oxidation sites excluding steroid dienone is 2. The van der Waals surface area contributed by atoms with E-state index in [-0.39, 0.29) is 24.1 Å². The van der Waals surface area contributed by atoms with Crippen LogP contribution in [0.5, 0.6) is 0 Å². The van der Waals surface area contributed by atoms with Crippen molar-refractivity contribution in [2.45, 2.75) is 29.4 Å². The first-order valence-electron chi connectivity index (χ1n) is 10.4. The average Bonchev–Trinajstić information content (AvgIpc) is 3.08. The van der Waals surface area contributed by atoms with Crippen LogP contribution in [-0.4, -0.2) is 34.0 Å². The first-order valence-corrected chi connectivity index (χ1v) is 12.4. The van der Waals surface area contributed by atoms with Crippen molar-refractivity contribution in [3.63, 3.8) is 0 Å². The molecule has 0 radical (unpaired) electrons. The molecule has 1 heterocycles. The fourth-order valence-electron chi connectivity index (χ4n) is 3.95. The number of carboxylic acids is 1. The average molecular weight is 576 g/mol. The molecule has 9 heteroatoms. The zero-order valence-corrected chi connectivity index (χ0v) is 20.4. The Kier molecular flexibility index (Phi) is 7.18. The van der Waals surface area contributed by atoms with E-state index in [1.807, 2.05) is 18.2 Å². The van der Waals surface area contributed by atoms with E-state index < -0.39 is 23.1 Å². The van der Waals surface area contributed by atoms with Gasteiger partial charge in [-0.3, -0.25) is 19.2 Å². The van der Waals surface area contributed by atoms with Gasteiger partial charge in [-0.2, -0.15) is 0 Å². The fourth-order valence-corrected chi connectivity index (χ4v) is 5.36. The lowest BCUT2D eigenvalue weighted by Crippen LogP contribution is -2.34. The topological polar surface area (TPSA) is 104 Å². The maximum absolute atomic E-state index is 12.9. The van der Waals surface area contributed by atoms with Crippen LogP contribution in [-0.2, 0) is 19.2 Å². The van der Waals surface area contributed by atoms with Gasteiger partial charge >= 0.3 is 5.97 Å². The number of amides is 3. The second-order valence-electron chi connectivity index (χ2n) is 7.86. The Balaban J connectivity index is 1.39. The number of anilines is 2. The van der Waals surface area contributed by atoms with Crippen LogP contribution >= 0.6 is 34.4 Å². The van der Waals surface area contributed by atoms with Crippen molar-refractivity contribution in [3.8, 4) is 0 Å². The lowest BCUT2D eigenvalue weighted by molar-refractivity contribution is -0.146. The number of thioether (sulfide) groups is 1. The number of imide groups is 1. The minimum absolute atomic E-state index is 0.125. The van der Waals surface area contributed by atoms with Crippen LogP contribution in [0, 0.1) is 15.4 Å². The second-order valence-corrected chi connectivity index (χ2v) is 10.4. The molecule has 33 heavy (non-hydrogen) atoms. The lowest BCUT2D eigenvalue weighted by Gasteiger charge is -2.24. The van der Waals surface area contributed by atoms with Crippen molar-refractivity contribution >= 4 is 69.4 Å². The molecule has 0 unspecified atom stereocenters. The maximum atomic E-state index is 12.9. The fraction of sp³-hybridized carbons (Fsp3) is 0.250. The standard InChI is InChI=1S/C24H21IN2O5S/c25-14-5-9-16(10-6-14)27-21(28)13-20(23(27)30)33-17-11-7-15(8-12-17)26-22(29)18-3-1-2-4-19(18)24(31)32/h1-2,5-12,18-20H,3-4,13H2,(H,26,29)(H,31,32)/t18-,19+,20-/m1/s1. The molecule has 1 aliphatic carbocycles. The van der Waals surface area contributed by atoms with Crippen molar-refractivity contribution in [1.29, 1.82) is 0 Å². The van der Waals surface area contributed by atoms with E-state index in [0.717, 1.165) is 8.47 Å². The Labute approximate surface area is 208 Å². The summed E-state index contributed by atoms with van der Waals surface area (Å²) in [6.45, 7) is 0. The van der Waals surface area contributed by atoms with Crippen LogP contribution in [0.25, 0.3) is 0 Å². The van der Waals surface area contributed by atoms with Crippen molar-refractivity contribution in [2.24, 2.45) is 11.8 Å². The number of carbonyl (C=O) groups excluding carboxylic acids is 3. The smallest absolute Gasteiger partial charge is 0.307 e. The van der Waals surface area contributed by atoms with Gasteiger partial charge in [0, 0.05) is 20.6 Å². The van der Waals surface area contributed by atoms with Crippen molar-refractivity contribution in [1.82, 2.24) is 0 Å². The number of halogens is 1. The highest BCUT2D eigenvalue weighted by Crippen LogP contribution is 2.35. The number of hydrogen-bond donors (Lipinski definition) is 2. The summed E-state index contributed by atoms with van der Waals surface area (Å²) in [7, 11) is 0. The third kappa shape index (κ3) is 5.30. The van der Waals surface area contributed by atoms with Crippen molar-refractivity contribution in [3.05, 3.63) is 64.3 Å². The number of hydrogen-bond acceptors (Lipinski definition) is 5. The summed E-state index contributed by atoms with van der Waals surface area (Å²) in [5.41, 5.74) is 1.13. The number of nitrogens with one attached hydrogen (secondary N) is 1. The van der Waals surface area contributed by atoms with Crippen molar-refractivity contribution < 1.29 is 24.3 Å². The first kappa shape index (κ1) is 23.5. The Hall–Kier alpha value is -2.66. The molecule has 2 N–H and O–H groups in total. The molecule has 3 amide bonds. The highest BCUT2D eigenvalue weighted by atomic mass is 127. The zero-order valence-electron chi connectivity index (χ0n) is 17.4. The first-order chi connectivity index (χ1) is 15.8. The van der Waals surface area contributed by atoms with Gasteiger partial charge in [0.1, 0.15) is 0 Å². The second kappa shape index (κ2) is 10.1. The van der Waals surface area contributed by atoms with Gasteiger partial charge in [-0.15, -0.1) is 11.8 Å². The molecule has 0 aromatic heterocycles. The van der Waals surface area contributed by atoms with Gasteiger partial charge in [0.15, 0.2) is 0 Å². The van der Waals surface area contributed by atoms with Gasteiger partial charge in [0.2, 0.25) is 17.7 Å². The molecule has 1 fully saturated rings. The summed E-state index contributed by atoms with van der Waals surface area (Å²) in [6, 6.07) is 14.2. The van der Waals surface area contributed by atoms with Crippen LogP contribution < -0.4 is 10.2 Å². The number of benzene rings is 2. The summed E-state index contributed by atoms with van der Waals surface area (Å²) in [4.78, 5) is 51.4. The molecule has 1 aliphatic heterocycles. The van der Waals surface area contributed by atoms with Crippen LogP contribution in [0.2, 0.25) is 0 Å². The summed E-state index contributed by atoms with van der Waals surface area (Å²) >= 11 is 3.48. The minimum atomic E-state index is -0.971. The molecule has 170 valence electrons. The van der Waals surface area contributed by atoms with Gasteiger partial charge in [-0.25, -0.2) is 4.90 Å². The molecule has 1 saturated heterocycles. The molecule has 2 aromatic rings. The van der Waals surface area contributed by atoms with Gasteiger partial charge < -0.3 is 10.4 Å². The van der Waals surface area contributed by atoms with Gasteiger partial charge in [-0.05, 0) is 84.0 Å². The molecule has 2 aromatic carbocycles. The van der Waals surface area contributed by atoms with Crippen LogP contribution in [0.4, 0.5) is 11.4 Å². The van der Waals surface area contributed by atoms with E-state index >= 15 is 0 Å². The zero-order chi connectivity index (χ0) is 23.5. The largest absolute Gasteiger partial charge is 0.481 e. The molecular formula is C24H21IN2O5S. The number of nitrogens with zero attached hydrogens (tertiary/aromatic N) is 1. The SMILES string of the molecule is O=C(O)[C@H]1CC=CC[C@H]1C(=O)Nc1ccc(S[C@@H]2CC(=O)N(c3ccc(I)cc3)C2=O)cc1. The summed E-state index contributed by atoms with van der Waals surface area (Å²) in [5, 5.41) is 11.6. The molecule has 7 nitrogen and oxygen atoms in total. The summed E-state index contributed by atoms with van der Waals surface area (Å²) in [6.07, 6.45) is 4.49. The normalized spacial score (nSPS) is 22.5. The van der Waals surface area contributed by atoms with E-state index in [9.17, 15) is 24.3 Å². The van der Waals surface area contributed by atoms with Gasteiger partial charge in [0.25, 0.3) is 0 Å². The van der Waals surface area contributed by atoms with E-state index in [4.69, 9.17) is 0 Å². The Bertz CT molecular complexity index is 1120. The minimum Gasteiger partial charge on any atom is -0.481 e. The lowest BCUT2D eigenvalue weighted by atomic mass is 9.82. The van der Waals surface area contributed by atoms with Crippen LogP contribution in [0.15, 0.2) is 65.6 Å². The third-order valence-electron chi connectivity index (χ3n) is 5.68. The molecule has 0 saturated carbocycles. The molecule has 0 spiro atoms. The Morgan fingerprint density at radius 2 is 1.61 bits per heavy atom. The molecular weight excluding hydrogens is 555 g/mol. The molecule has 0 bridgehead atoms. The van der Waals surface area contributed by atoms with E-state index in [1.165, 1.54) is 16.7 Å². The number of rotatable bonds is 6. The number of aliphatic carboxylic acids is 1. The van der Waals surface area contributed by atoms with E-state index in [0.29, 0.717) is 24.2 Å². The monoisotopic (exact) mass is 576 g/mol. The third-order valence-corrected chi connectivity index (χ3v) is 7.59. The summed E-state index contributed by atoms with van der Waals surface area (Å²) < 4.78 is 1.02. The Morgan fingerprint density at radius 1 is 0.970 bits per heavy atom. The predicted molar refractivity (Wildman–Crippen MR) is 134 cm³/mol. The number of carboxylic acid groups (broad SMARTS) is 1. The number of carbonyl (C=O) groups is 4. The molecule has 2 aliphatic rings. The highest BCUT2D eigenvalue weighted by molar-refractivity contribution is 14.1. The quantitative estimate of drug-likeness (QED) is 0.302. The molecule has 3 atom stereocenters. The highest BCUT2D eigenvalue weighted by Gasteiger charge is 2.40. The summed E-state index contributed by atoms with van der Waals surface area (Å²) in [5.74, 6) is -3.10.